The van der Waals surface area contributed by atoms with E-state index in [1.165, 1.54) is 74.7 Å². The zero-order chi connectivity index (χ0) is 55.8. The number of rotatable bonds is 1. The van der Waals surface area contributed by atoms with Crippen LogP contribution in [0.5, 0.6) is 0 Å². The molecule has 0 amide bonds. The molecular formula is C68H62F2N12Pt. The summed E-state index contributed by atoms with van der Waals surface area (Å²) in [5.74, 6) is 1.77. The molecule has 9 aliphatic heterocycles. The van der Waals surface area contributed by atoms with E-state index in [1.807, 2.05) is 79.4 Å². The number of nitrogens with zero attached hydrogens (tertiary/aromatic N) is 12. The topological polar surface area (TPSA) is 58.2 Å². The Morgan fingerprint density at radius 1 is 0.422 bits per heavy atom. The van der Waals surface area contributed by atoms with E-state index >= 15 is 0 Å². The van der Waals surface area contributed by atoms with Crippen LogP contribution in [0.3, 0.4) is 0 Å². The van der Waals surface area contributed by atoms with Gasteiger partial charge in [0, 0.05) is 119 Å². The molecule has 0 radical (unpaired) electrons. The third kappa shape index (κ3) is 9.24. The number of para-hydroxylation sites is 7. The fourth-order valence-electron chi connectivity index (χ4n) is 13.2. The molecule has 9 aromatic rings. The van der Waals surface area contributed by atoms with E-state index < -0.39 is 0 Å². The molecule has 0 saturated heterocycles. The number of anilines is 13. The molecule has 4 unspecified atom stereocenters. The Morgan fingerprint density at radius 2 is 0.916 bits per heavy atom. The quantitative estimate of drug-likeness (QED) is 0.147. The van der Waals surface area contributed by atoms with Gasteiger partial charge in [0.25, 0.3) is 0 Å². The Balaban J connectivity index is 0.0000000970. The Bertz CT molecular complexity index is 3640. The van der Waals surface area contributed by atoms with Gasteiger partial charge in [0.2, 0.25) is 0 Å². The second kappa shape index (κ2) is 21.8. The molecule has 0 fully saturated rings. The molecule has 0 N–H and O–H groups in total. The van der Waals surface area contributed by atoms with Crippen LogP contribution in [0.1, 0.15) is 22.3 Å². The molecular weight excluding hydrogens is 1220 g/mol. The van der Waals surface area contributed by atoms with Crippen LogP contribution in [-0.4, -0.2) is 74.8 Å². The smallest absolute Gasteiger partial charge is 0.504 e. The maximum Gasteiger partial charge on any atom is 2.00 e. The molecule has 7 aromatic carbocycles. The van der Waals surface area contributed by atoms with Crippen LogP contribution in [0.15, 0.2) is 207 Å². The van der Waals surface area contributed by atoms with Gasteiger partial charge in [-0.25, -0.2) is 14.4 Å². The summed E-state index contributed by atoms with van der Waals surface area (Å²) in [5, 5.41) is 0. The van der Waals surface area contributed by atoms with E-state index in [4.69, 9.17) is 0 Å². The zero-order valence-corrected chi connectivity index (χ0v) is 49.1. The second-order valence-corrected chi connectivity index (χ2v) is 21.9. The van der Waals surface area contributed by atoms with Gasteiger partial charge in [-0.15, -0.1) is 23.9 Å². The first-order valence-corrected chi connectivity index (χ1v) is 28.0. The summed E-state index contributed by atoms with van der Waals surface area (Å²) < 4.78 is 25.9. The van der Waals surface area contributed by atoms with Gasteiger partial charge < -0.3 is 49.0 Å². The third-order valence-corrected chi connectivity index (χ3v) is 17.3. The van der Waals surface area contributed by atoms with Gasteiger partial charge in [-0.2, -0.15) is 12.7 Å². The largest absolute Gasteiger partial charge is 2.00 e. The Kier molecular flexibility index (Phi) is 14.0. The van der Waals surface area contributed by atoms with Gasteiger partial charge in [-0.1, -0.05) is 78.9 Å². The van der Waals surface area contributed by atoms with Gasteiger partial charge >= 0.3 is 21.1 Å². The van der Waals surface area contributed by atoms with Crippen molar-refractivity contribution in [3.05, 3.63) is 253 Å². The van der Waals surface area contributed by atoms with Gasteiger partial charge in [0.15, 0.2) is 11.6 Å². The van der Waals surface area contributed by atoms with Crippen molar-refractivity contribution in [2.45, 2.75) is 50.3 Å². The van der Waals surface area contributed by atoms with E-state index in [2.05, 4.69) is 204 Å². The number of aromatic nitrogens is 2. The predicted molar refractivity (Wildman–Crippen MR) is 328 cm³/mol. The van der Waals surface area contributed by atoms with Crippen LogP contribution in [0.2, 0.25) is 0 Å². The second-order valence-electron chi connectivity index (χ2n) is 21.9. The molecule has 0 saturated carbocycles. The average Bonchev–Trinajstić information content (AvgIpc) is 4.44. The summed E-state index contributed by atoms with van der Waals surface area (Å²) in [6, 6.07) is 63.5. The van der Waals surface area contributed by atoms with Gasteiger partial charge in [-0.05, 0) is 114 Å². The number of benzene rings is 7. The number of halogens is 2. The summed E-state index contributed by atoms with van der Waals surface area (Å²) in [6.07, 6.45) is 13.6. The first-order chi connectivity index (χ1) is 40.1. The Labute approximate surface area is 499 Å². The number of hydrogen-bond donors (Lipinski definition) is 0. The number of pyridine rings is 2. The van der Waals surface area contributed by atoms with Crippen molar-refractivity contribution in [2.24, 2.45) is 0 Å². The maximum atomic E-state index is 13.0. The first-order valence-electron chi connectivity index (χ1n) is 28.0. The van der Waals surface area contributed by atoms with Crippen molar-refractivity contribution in [1.82, 2.24) is 14.9 Å². The minimum Gasteiger partial charge on any atom is -0.504 e. The molecule has 4 atom stereocenters. The van der Waals surface area contributed by atoms with Gasteiger partial charge in [-0.3, -0.25) is 4.39 Å². The third-order valence-electron chi connectivity index (χ3n) is 17.3. The van der Waals surface area contributed by atoms with Crippen LogP contribution in [-0.2, 0) is 46.7 Å². The number of hydrogen-bond acceptors (Lipinski definition) is 12. The molecule has 11 heterocycles. The summed E-state index contributed by atoms with van der Waals surface area (Å²) in [4.78, 5) is 31.6. The molecule has 2 aromatic heterocycles. The molecule has 83 heavy (non-hydrogen) atoms. The van der Waals surface area contributed by atoms with Crippen LogP contribution < -0.4 is 44.1 Å². The molecule has 0 aliphatic carbocycles. The van der Waals surface area contributed by atoms with Crippen molar-refractivity contribution in [1.29, 1.82) is 0 Å². The maximum absolute atomic E-state index is 13.0. The van der Waals surface area contributed by atoms with Crippen molar-refractivity contribution < 1.29 is 29.8 Å². The van der Waals surface area contributed by atoms with E-state index in [9.17, 15) is 8.78 Å². The van der Waals surface area contributed by atoms with Gasteiger partial charge in [0.05, 0.1) is 22.7 Å². The van der Waals surface area contributed by atoms with E-state index in [-0.39, 0.29) is 32.7 Å². The van der Waals surface area contributed by atoms with Crippen LogP contribution >= 0.6 is 0 Å². The Morgan fingerprint density at radius 3 is 1.57 bits per heavy atom. The van der Waals surface area contributed by atoms with E-state index in [1.54, 1.807) is 12.1 Å². The van der Waals surface area contributed by atoms with Gasteiger partial charge in [0.1, 0.15) is 30.5 Å². The molecule has 18 rings (SSSR count). The summed E-state index contributed by atoms with van der Waals surface area (Å²) in [6.45, 7) is 1.97. The molecule has 12 nitrogen and oxygen atoms in total. The van der Waals surface area contributed by atoms with E-state index in [0.717, 1.165) is 65.6 Å². The summed E-state index contributed by atoms with van der Waals surface area (Å²) >= 11 is 0. The normalized spacial score (nSPS) is 19.1. The Hall–Kier alpha value is -8.87. The molecule has 418 valence electrons. The predicted octanol–water partition coefficient (Wildman–Crippen LogP) is 13.5. The van der Waals surface area contributed by atoms with Crippen molar-refractivity contribution in [2.75, 3.05) is 79.3 Å². The SMILES string of the molecule is CN1C=CN2c3ccc(F)cc3CC12.CN1[CH-]N(c2[c-]cc(F)cc2)c2ccccc21.CN1c2ccccc2N2c3ccccc3CC12.CN1c2cccnc2N2c3ccccc3CC12.CN1c2ncccc2N2c3ccccc3CC12.[Pt+2]. The fraction of sp³-hybridized carbons (Fsp3) is 0.191. The minimum atomic E-state index is -0.269. The average molecular weight is 1280 g/mol. The minimum absolute atomic E-state index is 0. The van der Waals surface area contributed by atoms with Crippen molar-refractivity contribution in [3.63, 3.8) is 0 Å². The van der Waals surface area contributed by atoms with Crippen molar-refractivity contribution >= 4 is 74.2 Å². The van der Waals surface area contributed by atoms with Crippen LogP contribution in [0.25, 0.3) is 0 Å². The number of fused-ring (bicyclic) bond motifs is 19. The summed E-state index contributed by atoms with van der Waals surface area (Å²) in [7, 11) is 10.5. The molecule has 9 aliphatic rings. The molecule has 15 heteroatoms. The first kappa shape index (κ1) is 53.4. The zero-order valence-electron chi connectivity index (χ0n) is 46.8. The van der Waals surface area contributed by atoms with Crippen LogP contribution in [0, 0.1) is 24.4 Å². The number of likely N-dealkylation sites (N-methyl/N-ethyl adjacent to an activating group) is 4. The molecule has 0 spiro atoms. The standard InChI is InChI=1S/C15H14N2.C14H11FN2.2C14H13N3.C11H11FN2.Pt/c1-16-13-8-4-5-9-14(13)17-12-7-3-2-6-11(12)10-15(16)17;1-16-10-17(12-8-6-11(15)7-9-12)14-5-3-2-4-13(14)16;1-16-13-9-10-5-2-3-6-11(10)17(13)12-7-4-8-15-14(12)16;1-16-12-7-4-8-15-14(12)17-11-6-3-2-5-10(11)9-13(16)17;1-13-4-5-14-10-3-2-9(12)6-8(10)7-11(13)14;/h2-9,15H,10H2,1H3;2-8,10H,1H3;2*2-8,13H,9H2,1H3;2-6,11H,7H2,1H3;/q;-2;;;;+2. The van der Waals surface area contributed by atoms with Crippen molar-refractivity contribution in [3.8, 4) is 0 Å². The van der Waals surface area contributed by atoms with E-state index in [0.29, 0.717) is 24.7 Å². The fourth-order valence-corrected chi connectivity index (χ4v) is 13.2. The molecule has 0 bridgehead atoms. The monoisotopic (exact) mass is 1280 g/mol. The van der Waals surface area contributed by atoms with Crippen LogP contribution in [0.4, 0.5) is 83.0 Å². The summed E-state index contributed by atoms with van der Waals surface area (Å²) in [5.41, 5.74) is 18.7.